The molecule has 1 saturated carbocycles. The molecule has 1 fully saturated rings. The highest BCUT2D eigenvalue weighted by Gasteiger charge is 2.24. The average Bonchev–Trinajstić information content (AvgIpc) is 2.53. The van der Waals surface area contributed by atoms with Crippen molar-refractivity contribution in [3.05, 3.63) is 36.0 Å². The first kappa shape index (κ1) is 14.3. The van der Waals surface area contributed by atoms with Crippen LogP contribution in [0.25, 0.3) is 10.9 Å². The Kier molecular flexibility index (Phi) is 4.11. The number of hydrogen-bond donors (Lipinski definition) is 1. The molecule has 1 aliphatic carbocycles. The molecule has 2 aromatic rings. The van der Waals surface area contributed by atoms with Crippen LogP contribution in [0.2, 0.25) is 0 Å². The molecule has 0 saturated heterocycles. The molecule has 2 N–H and O–H groups in total. The van der Waals surface area contributed by atoms with Gasteiger partial charge in [-0.25, -0.2) is 0 Å². The van der Waals surface area contributed by atoms with E-state index in [4.69, 9.17) is 5.73 Å². The Morgan fingerprint density at radius 2 is 1.90 bits per heavy atom. The Bertz CT molecular complexity index is 615. The molecular weight excluding hydrogens is 258 g/mol. The van der Waals surface area contributed by atoms with Crippen molar-refractivity contribution in [1.82, 2.24) is 4.98 Å². The standard InChI is InChI=1S/C18H25N3/c1-13-7-9-15(10-8-13)21(2)18-14(11-19)12-20-17-6-4-3-5-16(17)18/h3-6,12-13,15H,7-11,19H2,1-2H3. The number of anilines is 1. The van der Waals surface area contributed by atoms with Crippen molar-refractivity contribution in [3.8, 4) is 0 Å². The van der Waals surface area contributed by atoms with Crippen LogP contribution >= 0.6 is 0 Å². The number of rotatable bonds is 3. The van der Waals surface area contributed by atoms with Crippen molar-refractivity contribution in [2.45, 2.75) is 45.2 Å². The number of benzene rings is 1. The van der Waals surface area contributed by atoms with E-state index in [1.54, 1.807) is 0 Å². The van der Waals surface area contributed by atoms with Gasteiger partial charge in [0, 0.05) is 36.8 Å². The number of para-hydroxylation sites is 1. The molecule has 0 radical (unpaired) electrons. The average molecular weight is 283 g/mol. The number of pyridine rings is 1. The largest absolute Gasteiger partial charge is 0.371 e. The van der Waals surface area contributed by atoms with Crippen molar-refractivity contribution < 1.29 is 0 Å². The summed E-state index contributed by atoms with van der Waals surface area (Å²) in [6.45, 7) is 2.91. The topological polar surface area (TPSA) is 42.1 Å². The third-order valence-corrected chi connectivity index (χ3v) is 4.93. The molecule has 0 aliphatic heterocycles. The van der Waals surface area contributed by atoms with Gasteiger partial charge in [-0.3, -0.25) is 4.98 Å². The lowest BCUT2D eigenvalue weighted by Gasteiger charge is -2.36. The molecule has 1 aliphatic rings. The van der Waals surface area contributed by atoms with Gasteiger partial charge >= 0.3 is 0 Å². The quantitative estimate of drug-likeness (QED) is 0.933. The van der Waals surface area contributed by atoms with Gasteiger partial charge in [-0.15, -0.1) is 0 Å². The van der Waals surface area contributed by atoms with Crippen LogP contribution in [0.15, 0.2) is 30.5 Å². The predicted octanol–water partition coefficient (Wildman–Crippen LogP) is 3.71. The normalized spacial score (nSPS) is 22.4. The zero-order valence-electron chi connectivity index (χ0n) is 13.0. The monoisotopic (exact) mass is 283 g/mol. The molecule has 21 heavy (non-hydrogen) atoms. The highest BCUT2D eigenvalue weighted by molar-refractivity contribution is 5.93. The van der Waals surface area contributed by atoms with E-state index >= 15 is 0 Å². The smallest absolute Gasteiger partial charge is 0.0723 e. The van der Waals surface area contributed by atoms with Gasteiger partial charge in [0.1, 0.15) is 0 Å². The number of aromatic nitrogens is 1. The third-order valence-electron chi connectivity index (χ3n) is 4.93. The molecule has 1 heterocycles. The second-order valence-corrected chi connectivity index (χ2v) is 6.38. The first-order valence-corrected chi connectivity index (χ1v) is 8.00. The summed E-state index contributed by atoms with van der Waals surface area (Å²) in [5, 5.41) is 1.22. The third kappa shape index (κ3) is 2.75. The lowest BCUT2D eigenvalue weighted by Crippen LogP contribution is -2.35. The maximum absolute atomic E-state index is 5.96. The van der Waals surface area contributed by atoms with Crippen molar-refractivity contribution in [3.63, 3.8) is 0 Å². The fourth-order valence-corrected chi connectivity index (χ4v) is 3.55. The van der Waals surface area contributed by atoms with Gasteiger partial charge in [0.05, 0.1) is 11.2 Å². The Hall–Kier alpha value is -1.61. The van der Waals surface area contributed by atoms with E-state index in [0.717, 1.165) is 17.0 Å². The predicted molar refractivity (Wildman–Crippen MR) is 89.5 cm³/mol. The molecule has 0 bridgehead atoms. The maximum atomic E-state index is 5.96. The van der Waals surface area contributed by atoms with Crippen LogP contribution in [0.3, 0.4) is 0 Å². The summed E-state index contributed by atoms with van der Waals surface area (Å²) in [6, 6.07) is 9.00. The van der Waals surface area contributed by atoms with E-state index in [1.165, 1.54) is 36.8 Å². The Labute approximate surface area is 127 Å². The lowest BCUT2D eigenvalue weighted by atomic mass is 9.86. The summed E-state index contributed by atoms with van der Waals surface area (Å²) in [5.41, 5.74) is 9.45. The molecule has 3 heteroatoms. The van der Waals surface area contributed by atoms with E-state index in [1.807, 2.05) is 12.3 Å². The van der Waals surface area contributed by atoms with Crippen LogP contribution in [0.1, 0.15) is 38.2 Å². The zero-order valence-corrected chi connectivity index (χ0v) is 13.0. The summed E-state index contributed by atoms with van der Waals surface area (Å²) < 4.78 is 0. The Morgan fingerprint density at radius 1 is 1.19 bits per heavy atom. The number of nitrogens with zero attached hydrogens (tertiary/aromatic N) is 2. The second kappa shape index (κ2) is 6.02. The summed E-state index contributed by atoms with van der Waals surface area (Å²) in [5.74, 6) is 0.873. The van der Waals surface area contributed by atoms with E-state index in [9.17, 15) is 0 Å². The van der Waals surface area contributed by atoms with Gasteiger partial charge in [0.2, 0.25) is 0 Å². The van der Waals surface area contributed by atoms with Crippen molar-refractivity contribution in [2.75, 3.05) is 11.9 Å². The van der Waals surface area contributed by atoms with Crippen LogP contribution in [-0.2, 0) is 6.54 Å². The highest BCUT2D eigenvalue weighted by Crippen LogP contribution is 2.34. The van der Waals surface area contributed by atoms with Crippen LogP contribution in [0.4, 0.5) is 5.69 Å². The molecule has 0 amide bonds. The van der Waals surface area contributed by atoms with Crippen LogP contribution in [-0.4, -0.2) is 18.1 Å². The minimum atomic E-state index is 0.542. The minimum absolute atomic E-state index is 0.542. The van der Waals surface area contributed by atoms with E-state index in [0.29, 0.717) is 12.6 Å². The van der Waals surface area contributed by atoms with Crippen LogP contribution in [0.5, 0.6) is 0 Å². The fraction of sp³-hybridized carbons (Fsp3) is 0.500. The fourth-order valence-electron chi connectivity index (χ4n) is 3.55. The SMILES string of the molecule is CC1CCC(N(C)c2c(CN)cnc3ccccc23)CC1. The number of nitrogens with two attached hydrogens (primary N) is 1. The molecule has 3 rings (SSSR count). The van der Waals surface area contributed by atoms with E-state index in [-0.39, 0.29) is 0 Å². The summed E-state index contributed by atoms with van der Waals surface area (Å²) in [7, 11) is 2.22. The Morgan fingerprint density at radius 3 is 2.62 bits per heavy atom. The first-order chi connectivity index (χ1) is 10.2. The molecule has 112 valence electrons. The van der Waals surface area contributed by atoms with Crippen LogP contribution < -0.4 is 10.6 Å². The Balaban J connectivity index is 2.01. The first-order valence-electron chi connectivity index (χ1n) is 8.00. The van der Waals surface area contributed by atoms with Gasteiger partial charge in [0.15, 0.2) is 0 Å². The molecule has 0 spiro atoms. The van der Waals surface area contributed by atoms with Gasteiger partial charge in [-0.2, -0.15) is 0 Å². The molecule has 1 aromatic heterocycles. The molecule has 0 unspecified atom stereocenters. The zero-order chi connectivity index (χ0) is 14.8. The summed E-state index contributed by atoms with van der Waals surface area (Å²) >= 11 is 0. The van der Waals surface area contributed by atoms with Gasteiger partial charge < -0.3 is 10.6 Å². The second-order valence-electron chi connectivity index (χ2n) is 6.38. The number of fused-ring (bicyclic) bond motifs is 1. The molecule has 3 nitrogen and oxygen atoms in total. The van der Waals surface area contributed by atoms with E-state index < -0.39 is 0 Å². The highest BCUT2D eigenvalue weighted by atomic mass is 15.1. The number of hydrogen-bond acceptors (Lipinski definition) is 3. The van der Waals surface area contributed by atoms with E-state index in [2.05, 4.69) is 42.1 Å². The molecular formula is C18H25N3. The molecule has 0 atom stereocenters. The van der Waals surface area contributed by atoms with Gasteiger partial charge in [0.25, 0.3) is 0 Å². The maximum Gasteiger partial charge on any atom is 0.0723 e. The van der Waals surface area contributed by atoms with Crippen molar-refractivity contribution >= 4 is 16.6 Å². The van der Waals surface area contributed by atoms with Gasteiger partial charge in [-0.05, 0) is 37.7 Å². The molecule has 1 aromatic carbocycles. The van der Waals surface area contributed by atoms with Crippen molar-refractivity contribution in [1.29, 1.82) is 0 Å². The lowest BCUT2D eigenvalue weighted by molar-refractivity contribution is 0.341. The van der Waals surface area contributed by atoms with Crippen molar-refractivity contribution in [2.24, 2.45) is 11.7 Å². The van der Waals surface area contributed by atoms with Crippen LogP contribution in [0, 0.1) is 5.92 Å². The summed E-state index contributed by atoms with van der Waals surface area (Å²) in [4.78, 5) is 7.00. The summed E-state index contributed by atoms with van der Waals surface area (Å²) in [6.07, 6.45) is 7.15. The minimum Gasteiger partial charge on any atom is -0.371 e. The van der Waals surface area contributed by atoms with Gasteiger partial charge in [-0.1, -0.05) is 25.1 Å².